The summed E-state index contributed by atoms with van der Waals surface area (Å²) in [4.78, 5) is 2.42. The van der Waals surface area contributed by atoms with Crippen molar-refractivity contribution in [2.24, 2.45) is 0 Å². The third-order valence-corrected chi connectivity index (χ3v) is 4.74. The topological polar surface area (TPSA) is 49.5 Å². The van der Waals surface area contributed by atoms with Crippen molar-refractivity contribution in [3.05, 3.63) is 23.8 Å². The first-order chi connectivity index (χ1) is 8.69. The van der Waals surface area contributed by atoms with E-state index in [2.05, 4.69) is 11.2 Å². The second kappa shape index (κ2) is 6.34. The van der Waals surface area contributed by atoms with Crippen molar-refractivity contribution < 1.29 is 5.11 Å². The molecule has 0 bridgehead atoms. The lowest BCUT2D eigenvalue weighted by molar-refractivity contribution is 0.273. The second-order valence-electron chi connectivity index (χ2n) is 4.95. The Morgan fingerprint density at radius 2 is 2.22 bits per heavy atom. The van der Waals surface area contributed by atoms with Gasteiger partial charge in [0, 0.05) is 23.0 Å². The fourth-order valence-corrected chi connectivity index (χ4v) is 3.24. The number of phenolic OH excluding ortho intramolecular Hbond substituents is 1. The molecule has 18 heavy (non-hydrogen) atoms. The number of anilines is 1. The summed E-state index contributed by atoms with van der Waals surface area (Å²) < 4.78 is 0. The number of thioether (sulfide) groups is 1. The Kier molecular flexibility index (Phi) is 4.78. The van der Waals surface area contributed by atoms with Gasteiger partial charge < -0.3 is 10.8 Å². The van der Waals surface area contributed by atoms with Crippen LogP contribution in [0.1, 0.15) is 24.8 Å². The van der Waals surface area contributed by atoms with Crippen molar-refractivity contribution in [3.63, 3.8) is 0 Å². The van der Waals surface area contributed by atoms with Crippen LogP contribution in [0.5, 0.6) is 5.75 Å². The number of aromatic hydroxyl groups is 1. The molecular formula is C14H22N2OS. The van der Waals surface area contributed by atoms with Crippen molar-refractivity contribution in [3.8, 4) is 5.75 Å². The highest BCUT2D eigenvalue weighted by molar-refractivity contribution is 7.99. The maximum atomic E-state index is 9.85. The molecule has 1 aromatic carbocycles. The molecule has 1 aliphatic heterocycles. The van der Waals surface area contributed by atoms with E-state index in [0.29, 0.717) is 5.75 Å². The molecule has 1 heterocycles. The highest BCUT2D eigenvalue weighted by Crippen LogP contribution is 2.25. The molecule has 0 aliphatic carbocycles. The van der Waals surface area contributed by atoms with Crippen LogP contribution >= 0.6 is 11.8 Å². The van der Waals surface area contributed by atoms with Gasteiger partial charge in [-0.1, -0.05) is 0 Å². The van der Waals surface area contributed by atoms with Gasteiger partial charge in [-0.3, -0.25) is 4.90 Å². The number of nitrogen functional groups attached to an aromatic ring is 1. The van der Waals surface area contributed by atoms with E-state index < -0.39 is 0 Å². The number of hydrogen-bond acceptors (Lipinski definition) is 4. The fourth-order valence-electron chi connectivity index (χ4n) is 2.49. The Balaban J connectivity index is 1.98. The van der Waals surface area contributed by atoms with E-state index in [4.69, 9.17) is 5.73 Å². The maximum Gasteiger partial charge on any atom is 0.120 e. The number of hydrogen-bond donors (Lipinski definition) is 2. The Labute approximate surface area is 113 Å². The van der Waals surface area contributed by atoms with E-state index in [0.717, 1.165) is 36.1 Å². The summed E-state index contributed by atoms with van der Waals surface area (Å²) in [6.45, 7) is 3.03. The predicted molar refractivity (Wildman–Crippen MR) is 79.0 cm³/mol. The van der Waals surface area contributed by atoms with Crippen LogP contribution in [0, 0.1) is 0 Å². The lowest BCUT2D eigenvalue weighted by Crippen LogP contribution is -2.24. The molecule has 2 rings (SSSR count). The highest BCUT2D eigenvalue weighted by Gasteiger charge is 2.17. The lowest BCUT2D eigenvalue weighted by Gasteiger charge is -2.20. The number of phenols is 1. The third-order valence-electron chi connectivity index (χ3n) is 3.60. The molecule has 0 spiro atoms. The van der Waals surface area contributed by atoms with E-state index in [9.17, 15) is 5.11 Å². The standard InChI is InChI=1S/C14H22N2OS/c1-18-13-3-2-7-16(8-6-13)10-11-9-12(15)4-5-14(11)17/h4-5,9,13,17H,2-3,6-8,10,15H2,1H3. The summed E-state index contributed by atoms with van der Waals surface area (Å²) in [5, 5.41) is 10.6. The summed E-state index contributed by atoms with van der Waals surface area (Å²) in [5.74, 6) is 0.356. The molecule has 1 unspecified atom stereocenters. The minimum Gasteiger partial charge on any atom is -0.508 e. The van der Waals surface area contributed by atoms with Gasteiger partial charge in [0.25, 0.3) is 0 Å². The Morgan fingerprint density at radius 1 is 1.39 bits per heavy atom. The minimum absolute atomic E-state index is 0.356. The van der Waals surface area contributed by atoms with Crippen molar-refractivity contribution in [1.29, 1.82) is 0 Å². The summed E-state index contributed by atoms with van der Waals surface area (Å²) in [6.07, 6.45) is 5.99. The molecule has 4 heteroatoms. The highest BCUT2D eigenvalue weighted by atomic mass is 32.2. The van der Waals surface area contributed by atoms with Gasteiger partial charge >= 0.3 is 0 Å². The van der Waals surface area contributed by atoms with Crippen LogP contribution in [0.15, 0.2) is 18.2 Å². The summed E-state index contributed by atoms with van der Waals surface area (Å²) >= 11 is 1.98. The number of nitrogens with zero attached hydrogens (tertiary/aromatic N) is 1. The summed E-state index contributed by atoms with van der Waals surface area (Å²) in [5.41, 5.74) is 7.44. The molecule has 100 valence electrons. The van der Waals surface area contributed by atoms with Gasteiger partial charge in [0.1, 0.15) is 5.75 Å². The van der Waals surface area contributed by atoms with Crippen molar-refractivity contribution in [2.75, 3.05) is 25.1 Å². The van der Waals surface area contributed by atoms with Crippen LogP contribution in [-0.4, -0.2) is 34.6 Å². The number of benzene rings is 1. The SMILES string of the molecule is CSC1CCCN(Cc2cc(N)ccc2O)CC1. The largest absolute Gasteiger partial charge is 0.508 e. The van der Waals surface area contributed by atoms with Crippen LogP contribution in [0.3, 0.4) is 0 Å². The summed E-state index contributed by atoms with van der Waals surface area (Å²) in [6, 6.07) is 5.31. The molecule has 0 saturated carbocycles. The zero-order valence-electron chi connectivity index (χ0n) is 10.9. The third kappa shape index (κ3) is 3.56. The van der Waals surface area contributed by atoms with Crippen LogP contribution in [0.2, 0.25) is 0 Å². The Morgan fingerprint density at radius 3 is 3.00 bits per heavy atom. The molecule has 1 saturated heterocycles. The van der Waals surface area contributed by atoms with Crippen molar-refractivity contribution in [2.45, 2.75) is 31.1 Å². The average molecular weight is 266 g/mol. The lowest BCUT2D eigenvalue weighted by atomic mass is 10.1. The van der Waals surface area contributed by atoms with Gasteiger partial charge in [0.05, 0.1) is 0 Å². The molecule has 1 aliphatic rings. The molecule has 0 amide bonds. The zero-order chi connectivity index (χ0) is 13.0. The van der Waals surface area contributed by atoms with Crippen LogP contribution in [0.25, 0.3) is 0 Å². The Hall–Kier alpha value is -0.870. The molecule has 1 aromatic rings. The fraction of sp³-hybridized carbons (Fsp3) is 0.571. The zero-order valence-corrected chi connectivity index (χ0v) is 11.7. The molecule has 1 atom stereocenters. The predicted octanol–water partition coefficient (Wildman–Crippen LogP) is 2.69. The number of rotatable bonds is 3. The average Bonchev–Trinajstić information content (AvgIpc) is 2.59. The first kappa shape index (κ1) is 13.6. The van der Waals surface area contributed by atoms with Gasteiger partial charge in [-0.2, -0.15) is 11.8 Å². The molecular weight excluding hydrogens is 244 g/mol. The first-order valence-electron chi connectivity index (χ1n) is 6.51. The van der Waals surface area contributed by atoms with Gasteiger partial charge in [-0.25, -0.2) is 0 Å². The van der Waals surface area contributed by atoms with Crippen LogP contribution < -0.4 is 5.73 Å². The number of likely N-dealkylation sites (tertiary alicyclic amines) is 1. The maximum absolute atomic E-state index is 9.85. The quantitative estimate of drug-likeness (QED) is 0.652. The normalized spacial score (nSPS) is 21.7. The smallest absolute Gasteiger partial charge is 0.120 e. The van der Waals surface area contributed by atoms with Gasteiger partial charge in [-0.05, 0) is 56.8 Å². The van der Waals surface area contributed by atoms with E-state index >= 15 is 0 Å². The van der Waals surface area contributed by atoms with Gasteiger partial charge in [-0.15, -0.1) is 0 Å². The second-order valence-corrected chi connectivity index (χ2v) is 6.09. The van der Waals surface area contributed by atoms with Crippen molar-refractivity contribution >= 4 is 17.4 Å². The molecule has 3 nitrogen and oxygen atoms in total. The minimum atomic E-state index is 0.356. The molecule has 0 aromatic heterocycles. The van der Waals surface area contributed by atoms with Crippen LogP contribution in [0.4, 0.5) is 5.69 Å². The van der Waals surface area contributed by atoms with Gasteiger partial charge in [0.2, 0.25) is 0 Å². The van der Waals surface area contributed by atoms with E-state index in [-0.39, 0.29) is 0 Å². The first-order valence-corrected chi connectivity index (χ1v) is 7.80. The van der Waals surface area contributed by atoms with Gasteiger partial charge in [0.15, 0.2) is 0 Å². The van der Waals surface area contributed by atoms with E-state index in [1.807, 2.05) is 17.8 Å². The monoisotopic (exact) mass is 266 g/mol. The molecule has 1 fully saturated rings. The Bertz CT molecular complexity index is 397. The van der Waals surface area contributed by atoms with E-state index in [1.165, 1.54) is 19.3 Å². The van der Waals surface area contributed by atoms with Crippen molar-refractivity contribution in [1.82, 2.24) is 4.90 Å². The number of nitrogens with two attached hydrogens (primary N) is 1. The van der Waals surface area contributed by atoms with Crippen LogP contribution in [-0.2, 0) is 6.54 Å². The summed E-state index contributed by atoms with van der Waals surface area (Å²) in [7, 11) is 0. The van der Waals surface area contributed by atoms with E-state index in [1.54, 1.807) is 12.1 Å². The molecule has 0 radical (unpaired) electrons. The molecule has 3 N–H and O–H groups in total.